The summed E-state index contributed by atoms with van der Waals surface area (Å²) in [7, 11) is 1.62. The highest BCUT2D eigenvalue weighted by Gasteiger charge is 2.05. The predicted octanol–water partition coefficient (Wildman–Crippen LogP) is 2.82. The maximum Gasteiger partial charge on any atom is 0.330 e. The van der Waals surface area contributed by atoms with Gasteiger partial charge in [-0.3, -0.25) is 4.98 Å². The highest BCUT2D eigenvalue weighted by molar-refractivity contribution is 5.97. The Hall–Kier alpha value is -2.36. The highest BCUT2D eigenvalue weighted by atomic mass is 16.5. The van der Waals surface area contributed by atoms with Crippen LogP contribution < -0.4 is 4.74 Å². The molecule has 0 aliphatic heterocycles. The second-order valence-electron chi connectivity index (χ2n) is 3.86. The molecule has 0 unspecified atom stereocenters. The number of carbonyl (C=O) groups excluding carboxylic acids is 1. The third-order valence-corrected chi connectivity index (χ3v) is 2.72. The minimum absolute atomic E-state index is 0.347. The van der Waals surface area contributed by atoms with Crippen molar-refractivity contribution in [2.24, 2.45) is 0 Å². The summed E-state index contributed by atoms with van der Waals surface area (Å²) >= 11 is 0. The number of hydrogen-bond acceptors (Lipinski definition) is 4. The molecule has 0 radical (unpaired) electrons. The zero-order valence-electron chi connectivity index (χ0n) is 10.9. The van der Waals surface area contributed by atoms with Crippen molar-refractivity contribution >= 4 is 22.8 Å². The number of nitrogens with zero attached hydrogens (tertiary/aromatic N) is 1. The molecule has 1 aromatic heterocycles. The topological polar surface area (TPSA) is 48.4 Å². The number of aromatic nitrogens is 1. The molecule has 0 amide bonds. The Labute approximate surface area is 111 Å². The fourth-order valence-corrected chi connectivity index (χ4v) is 1.86. The third-order valence-electron chi connectivity index (χ3n) is 2.72. The molecule has 0 bridgehead atoms. The van der Waals surface area contributed by atoms with Crippen LogP contribution in [0.4, 0.5) is 0 Å². The number of rotatable bonds is 4. The van der Waals surface area contributed by atoms with Gasteiger partial charge in [-0.25, -0.2) is 4.79 Å². The molecule has 4 nitrogen and oxygen atoms in total. The van der Waals surface area contributed by atoms with E-state index in [1.54, 1.807) is 32.5 Å². The molecule has 0 fully saturated rings. The van der Waals surface area contributed by atoms with Crippen molar-refractivity contribution in [2.75, 3.05) is 13.7 Å². The largest absolute Gasteiger partial charge is 0.496 e. The fraction of sp³-hybridized carbons (Fsp3) is 0.200. The number of hydrogen-bond donors (Lipinski definition) is 0. The number of methoxy groups -OCH3 is 1. The summed E-state index contributed by atoms with van der Waals surface area (Å²) in [5.74, 6) is 0.414. The summed E-state index contributed by atoms with van der Waals surface area (Å²) in [5, 5.41) is 1.89. The van der Waals surface area contributed by atoms with Gasteiger partial charge >= 0.3 is 5.97 Å². The van der Waals surface area contributed by atoms with Crippen molar-refractivity contribution in [3.63, 3.8) is 0 Å². The van der Waals surface area contributed by atoms with Crippen LogP contribution in [0.25, 0.3) is 16.8 Å². The third kappa shape index (κ3) is 2.91. The molecule has 0 saturated carbocycles. The van der Waals surface area contributed by atoms with Gasteiger partial charge in [-0.15, -0.1) is 0 Å². The zero-order chi connectivity index (χ0) is 13.7. The molecule has 4 heteroatoms. The van der Waals surface area contributed by atoms with E-state index < -0.39 is 0 Å². The molecule has 19 heavy (non-hydrogen) atoms. The first kappa shape index (κ1) is 13.1. The summed E-state index contributed by atoms with van der Waals surface area (Å²) in [4.78, 5) is 15.4. The standard InChI is InChI=1S/C15H15NO3/c1-3-19-15(17)7-5-11-4-6-14(18-2)13-10-16-9-8-12(11)13/h4-10H,3H2,1-2H3/b7-5+. The summed E-state index contributed by atoms with van der Waals surface area (Å²) in [6, 6.07) is 5.65. The van der Waals surface area contributed by atoms with E-state index in [0.29, 0.717) is 6.61 Å². The first-order valence-electron chi connectivity index (χ1n) is 6.01. The number of benzene rings is 1. The van der Waals surface area contributed by atoms with Gasteiger partial charge < -0.3 is 9.47 Å². The van der Waals surface area contributed by atoms with Crippen LogP contribution in [0.3, 0.4) is 0 Å². The number of ether oxygens (including phenoxy) is 2. The molecular weight excluding hydrogens is 242 g/mol. The Bertz CT molecular complexity index is 620. The van der Waals surface area contributed by atoms with Crippen molar-refractivity contribution in [3.8, 4) is 5.75 Å². The maximum atomic E-state index is 11.3. The summed E-state index contributed by atoms with van der Waals surface area (Å²) < 4.78 is 10.1. The van der Waals surface area contributed by atoms with Gasteiger partial charge in [0.2, 0.25) is 0 Å². The van der Waals surface area contributed by atoms with Crippen LogP contribution in [0, 0.1) is 0 Å². The Morgan fingerprint density at radius 1 is 1.32 bits per heavy atom. The minimum Gasteiger partial charge on any atom is -0.496 e. The smallest absolute Gasteiger partial charge is 0.330 e. The summed E-state index contributed by atoms with van der Waals surface area (Å²) in [5.41, 5.74) is 0.922. The van der Waals surface area contributed by atoms with Gasteiger partial charge in [-0.2, -0.15) is 0 Å². The van der Waals surface area contributed by atoms with Crippen LogP contribution in [-0.4, -0.2) is 24.7 Å². The Balaban J connectivity index is 2.42. The van der Waals surface area contributed by atoms with Gasteiger partial charge in [0.1, 0.15) is 5.75 Å². The summed E-state index contributed by atoms with van der Waals surface area (Å²) in [6.07, 6.45) is 6.62. The lowest BCUT2D eigenvalue weighted by molar-refractivity contribution is -0.137. The molecule has 0 aliphatic carbocycles. The lowest BCUT2D eigenvalue weighted by Gasteiger charge is -2.07. The molecule has 1 aromatic carbocycles. The first-order valence-corrected chi connectivity index (χ1v) is 6.01. The molecule has 2 rings (SSSR count). The quantitative estimate of drug-likeness (QED) is 0.624. The lowest BCUT2D eigenvalue weighted by atomic mass is 10.1. The van der Waals surface area contributed by atoms with E-state index in [1.165, 1.54) is 6.08 Å². The van der Waals surface area contributed by atoms with Crippen LogP contribution in [0.15, 0.2) is 36.7 Å². The lowest BCUT2D eigenvalue weighted by Crippen LogP contribution is -1.98. The van der Waals surface area contributed by atoms with Gasteiger partial charge in [-0.1, -0.05) is 6.07 Å². The molecule has 0 atom stereocenters. The molecule has 1 heterocycles. The van der Waals surface area contributed by atoms with Crippen molar-refractivity contribution in [1.82, 2.24) is 4.98 Å². The average molecular weight is 257 g/mol. The predicted molar refractivity (Wildman–Crippen MR) is 74.0 cm³/mol. The van der Waals surface area contributed by atoms with Gasteiger partial charge in [0.15, 0.2) is 0 Å². The molecule has 0 spiro atoms. The van der Waals surface area contributed by atoms with Crippen LogP contribution in [-0.2, 0) is 9.53 Å². The van der Waals surface area contributed by atoms with Crippen LogP contribution >= 0.6 is 0 Å². The van der Waals surface area contributed by atoms with Crippen LogP contribution in [0.1, 0.15) is 12.5 Å². The zero-order valence-corrected chi connectivity index (χ0v) is 10.9. The fourth-order valence-electron chi connectivity index (χ4n) is 1.86. The Kier molecular flexibility index (Phi) is 4.13. The van der Waals surface area contributed by atoms with Crippen molar-refractivity contribution < 1.29 is 14.3 Å². The van der Waals surface area contributed by atoms with E-state index in [9.17, 15) is 4.79 Å². The SMILES string of the molecule is CCOC(=O)/C=C/c1ccc(OC)c2cnccc12. The van der Waals surface area contributed by atoms with E-state index in [1.807, 2.05) is 18.2 Å². The normalized spacial score (nSPS) is 10.8. The van der Waals surface area contributed by atoms with E-state index in [-0.39, 0.29) is 5.97 Å². The van der Waals surface area contributed by atoms with Crippen molar-refractivity contribution in [3.05, 3.63) is 42.2 Å². The number of esters is 1. The van der Waals surface area contributed by atoms with Crippen LogP contribution in [0.2, 0.25) is 0 Å². The minimum atomic E-state index is -0.347. The number of pyridine rings is 1. The molecule has 0 saturated heterocycles. The second kappa shape index (κ2) is 6.00. The number of carbonyl (C=O) groups is 1. The molecule has 2 aromatic rings. The van der Waals surface area contributed by atoms with E-state index in [2.05, 4.69) is 4.98 Å². The van der Waals surface area contributed by atoms with Crippen molar-refractivity contribution in [2.45, 2.75) is 6.92 Å². The number of fused-ring (bicyclic) bond motifs is 1. The monoisotopic (exact) mass is 257 g/mol. The Morgan fingerprint density at radius 2 is 2.16 bits per heavy atom. The van der Waals surface area contributed by atoms with E-state index >= 15 is 0 Å². The van der Waals surface area contributed by atoms with Crippen LogP contribution in [0.5, 0.6) is 5.75 Å². The van der Waals surface area contributed by atoms with Gasteiger partial charge in [0.25, 0.3) is 0 Å². The van der Waals surface area contributed by atoms with Gasteiger partial charge in [-0.05, 0) is 36.1 Å². The highest BCUT2D eigenvalue weighted by Crippen LogP contribution is 2.28. The maximum absolute atomic E-state index is 11.3. The van der Waals surface area contributed by atoms with Gasteiger partial charge in [0, 0.05) is 23.9 Å². The molecule has 0 aliphatic rings. The second-order valence-corrected chi connectivity index (χ2v) is 3.86. The van der Waals surface area contributed by atoms with Crippen molar-refractivity contribution in [1.29, 1.82) is 0 Å². The molecule has 0 N–H and O–H groups in total. The Morgan fingerprint density at radius 3 is 2.89 bits per heavy atom. The van der Waals surface area contributed by atoms with E-state index in [4.69, 9.17) is 9.47 Å². The summed E-state index contributed by atoms with van der Waals surface area (Å²) in [6.45, 7) is 2.15. The molecule has 98 valence electrons. The van der Waals surface area contributed by atoms with E-state index in [0.717, 1.165) is 22.1 Å². The molecular formula is C15H15NO3. The first-order chi connectivity index (χ1) is 9.26. The van der Waals surface area contributed by atoms with Gasteiger partial charge in [0.05, 0.1) is 13.7 Å². The average Bonchev–Trinajstić information content (AvgIpc) is 2.45.